The summed E-state index contributed by atoms with van der Waals surface area (Å²) >= 11 is 0. The zero-order valence-electron chi connectivity index (χ0n) is 13.6. The minimum atomic E-state index is -0.226. The number of hydrogen-bond donors (Lipinski definition) is 4. The molecule has 0 fully saturated rings. The van der Waals surface area contributed by atoms with Gasteiger partial charge in [-0.2, -0.15) is 0 Å². The van der Waals surface area contributed by atoms with Crippen molar-refractivity contribution < 1.29 is 14.7 Å². The van der Waals surface area contributed by atoms with Crippen molar-refractivity contribution in [3.05, 3.63) is 70.7 Å². The van der Waals surface area contributed by atoms with Crippen LogP contribution in [0.4, 0.5) is 0 Å². The van der Waals surface area contributed by atoms with Gasteiger partial charge in [-0.3, -0.25) is 14.7 Å². The van der Waals surface area contributed by atoms with Crippen LogP contribution >= 0.6 is 9.39 Å². The molecule has 130 valence electrons. The second-order valence-electron chi connectivity index (χ2n) is 5.90. The van der Waals surface area contributed by atoms with E-state index in [9.17, 15) is 14.7 Å². The Balaban J connectivity index is 1.81. The summed E-state index contributed by atoms with van der Waals surface area (Å²) in [7, 11) is 2.36. The SMILES string of the molecule is O=C1C=C(NCc2ccccc2)C(=O)c2c(CC(CO)NP)c[nH]c21. The number of Topliss-reactive ketones (excluding diaryl/α,β-unsaturated/α-hetero) is 1. The molecule has 1 aliphatic carbocycles. The van der Waals surface area contributed by atoms with Gasteiger partial charge in [-0.15, -0.1) is 0 Å². The molecule has 6 nitrogen and oxygen atoms in total. The van der Waals surface area contributed by atoms with E-state index in [-0.39, 0.29) is 24.2 Å². The fourth-order valence-corrected chi connectivity index (χ4v) is 3.07. The topological polar surface area (TPSA) is 94.2 Å². The number of aromatic amines is 1. The number of carbonyl (C=O) groups is 2. The minimum Gasteiger partial charge on any atom is -0.395 e. The van der Waals surface area contributed by atoms with Gasteiger partial charge in [-0.05, 0) is 17.5 Å². The summed E-state index contributed by atoms with van der Waals surface area (Å²) in [6.07, 6.45) is 3.45. The Morgan fingerprint density at radius 2 is 1.96 bits per heavy atom. The lowest BCUT2D eigenvalue weighted by Gasteiger charge is -2.17. The number of aromatic nitrogens is 1. The highest BCUT2D eigenvalue weighted by Crippen LogP contribution is 2.24. The van der Waals surface area contributed by atoms with Crippen molar-refractivity contribution >= 4 is 21.0 Å². The maximum Gasteiger partial charge on any atom is 0.211 e. The Hall–Kier alpha value is -2.27. The van der Waals surface area contributed by atoms with E-state index in [2.05, 4.69) is 24.8 Å². The van der Waals surface area contributed by atoms with Gasteiger partial charge in [0, 0.05) is 24.9 Å². The molecule has 0 amide bonds. The Morgan fingerprint density at radius 1 is 1.20 bits per heavy atom. The van der Waals surface area contributed by atoms with Crippen LogP contribution in [0.5, 0.6) is 0 Å². The molecule has 4 N–H and O–H groups in total. The average Bonchev–Trinajstić information content (AvgIpc) is 3.07. The summed E-state index contributed by atoms with van der Waals surface area (Å²) in [4.78, 5) is 28.0. The number of rotatable bonds is 7. The lowest BCUT2D eigenvalue weighted by Crippen LogP contribution is -2.30. The van der Waals surface area contributed by atoms with Crippen LogP contribution in [-0.4, -0.2) is 34.3 Å². The summed E-state index contributed by atoms with van der Waals surface area (Å²) in [6.45, 7) is 0.397. The van der Waals surface area contributed by atoms with Gasteiger partial charge in [-0.25, -0.2) is 0 Å². The molecule has 0 aliphatic heterocycles. The molecule has 0 spiro atoms. The monoisotopic (exact) mass is 357 g/mol. The molecule has 0 radical (unpaired) electrons. The second-order valence-corrected chi connectivity index (χ2v) is 6.24. The van der Waals surface area contributed by atoms with Crippen LogP contribution in [0.3, 0.4) is 0 Å². The third kappa shape index (κ3) is 3.71. The van der Waals surface area contributed by atoms with E-state index < -0.39 is 0 Å². The van der Waals surface area contributed by atoms with Crippen molar-refractivity contribution in [3.8, 4) is 0 Å². The molecular formula is C18H20N3O3P. The molecule has 1 aromatic heterocycles. The molecule has 1 aromatic carbocycles. The summed E-state index contributed by atoms with van der Waals surface area (Å²) in [5, 5.41) is 15.3. The second kappa shape index (κ2) is 7.74. The largest absolute Gasteiger partial charge is 0.395 e. The highest BCUT2D eigenvalue weighted by Gasteiger charge is 2.30. The van der Waals surface area contributed by atoms with Gasteiger partial charge in [0.25, 0.3) is 0 Å². The lowest BCUT2D eigenvalue weighted by atomic mass is 9.93. The minimum absolute atomic E-state index is 0.0689. The first-order valence-corrected chi connectivity index (χ1v) is 8.57. The number of aliphatic hydroxyl groups is 1. The van der Waals surface area contributed by atoms with Crippen LogP contribution < -0.4 is 10.4 Å². The van der Waals surface area contributed by atoms with E-state index in [0.29, 0.717) is 29.9 Å². The smallest absolute Gasteiger partial charge is 0.211 e. The number of nitrogens with one attached hydrogen (secondary N) is 3. The van der Waals surface area contributed by atoms with Crippen molar-refractivity contribution in [1.82, 2.24) is 15.4 Å². The zero-order valence-corrected chi connectivity index (χ0v) is 14.7. The Morgan fingerprint density at radius 3 is 2.64 bits per heavy atom. The van der Waals surface area contributed by atoms with Gasteiger partial charge in [0.05, 0.1) is 23.6 Å². The molecule has 1 heterocycles. The van der Waals surface area contributed by atoms with E-state index in [4.69, 9.17) is 0 Å². The predicted molar refractivity (Wildman–Crippen MR) is 98.2 cm³/mol. The van der Waals surface area contributed by atoms with Gasteiger partial charge in [0.1, 0.15) is 0 Å². The fourth-order valence-electron chi connectivity index (χ4n) is 2.85. The molecule has 25 heavy (non-hydrogen) atoms. The molecule has 2 unspecified atom stereocenters. The Bertz CT molecular complexity index is 810. The Kier molecular flexibility index (Phi) is 5.43. The van der Waals surface area contributed by atoms with Crippen LogP contribution in [0.15, 0.2) is 48.3 Å². The number of benzene rings is 1. The molecule has 3 rings (SSSR count). The predicted octanol–water partition coefficient (Wildman–Crippen LogP) is 1.35. The van der Waals surface area contributed by atoms with Crippen LogP contribution in [0.2, 0.25) is 0 Å². The maximum absolute atomic E-state index is 12.8. The number of aliphatic hydroxyl groups excluding tert-OH is 1. The van der Waals surface area contributed by atoms with Gasteiger partial charge in [0.15, 0.2) is 0 Å². The molecule has 1 aliphatic rings. The molecule has 0 saturated heterocycles. The van der Waals surface area contributed by atoms with Gasteiger partial charge < -0.3 is 15.4 Å². The Labute approximate surface area is 148 Å². The van der Waals surface area contributed by atoms with Gasteiger partial charge in [-0.1, -0.05) is 39.7 Å². The van der Waals surface area contributed by atoms with E-state index in [1.165, 1.54) is 6.08 Å². The molecule has 0 bridgehead atoms. The van der Waals surface area contributed by atoms with E-state index in [1.54, 1.807) is 6.20 Å². The van der Waals surface area contributed by atoms with E-state index >= 15 is 0 Å². The van der Waals surface area contributed by atoms with E-state index in [1.807, 2.05) is 30.3 Å². The van der Waals surface area contributed by atoms with Crippen LogP contribution in [-0.2, 0) is 13.0 Å². The third-order valence-electron chi connectivity index (χ3n) is 4.20. The maximum atomic E-state index is 12.8. The van der Waals surface area contributed by atoms with Crippen LogP contribution in [0, 0.1) is 0 Å². The number of fused-ring (bicyclic) bond motifs is 1. The van der Waals surface area contributed by atoms with Crippen molar-refractivity contribution in [2.45, 2.75) is 19.0 Å². The normalized spacial score (nSPS) is 14.9. The average molecular weight is 357 g/mol. The first kappa shape index (κ1) is 17.5. The first-order valence-electron chi connectivity index (χ1n) is 7.99. The quantitative estimate of drug-likeness (QED) is 0.561. The van der Waals surface area contributed by atoms with Crippen molar-refractivity contribution in [1.29, 1.82) is 0 Å². The highest BCUT2D eigenvalue weighted by molar-refractivity contribution is 7.13. The number of allylic oxidation sites excluding steroid dienone is 2. The third-order valence-corrected chi connectivity index (χ3v) is 4.67. The lowest BCUT2D eigenvalue weighted by molar-refractivity contribution is 0.0975. The number of hydrogen-bond acceptors (Lipinski definition) is 5. The molecular weight excluding hydrogens is 337 g/mol. The summed E-state index contributed by atoms with van der Waals surface area (Å²) in [5.74, 6) is -0.432. The van der Waals surface area contributed by atoms with Gasteiger partial charge in [0.2, 0.25) is 11.6 Å². The number of carbonyl (C=O) groups excluding carboxylic acids is 2. The van der Waals surface area contributed by atoms with Crippen molar-refractivity contribution in [2.75, 3.05) is 6.61 Å². The molecule has 0 saturated carbocycles. The molecule has 2 aromatic rings. The summed E-state index contributed by atoms with van der Waals surface area (Å²) < 4.78 is 0. The fraction of sp³-hybridized carbons (Fsp3) is 0.222. The van der Waals surface area contributed by atoms with E-state index in [0.717, 1.165) is 11.1 Å². The number of H-pyrrole nitrogens is 1. The molecule has 7 heteroatoms. The van der Waals surface area contributed by atoms with Gasteiger partial charge >= 0.3 is 0 Å². The number of ketones is 2. The highest BCUT2D eigenvalue weighted by atomic mass is 31.0. The van der Waals surface area contributed by atoms with Crippen LogP contribution in [0.1, 0.15) is 32.0 Å². The summed E-state index contributed by atoms with van der Waals surface area (Å²) in [6, 6.07) is 9.46. The molecule has 2 atom stereocenters. The zero-order chi connectivity index (χ0) is 17.8. The standard InChI is InChI=1S/C18H20N3O3P/c22-10-13(21-25)6-12-9-20-17-15(23)7-14(18(24)16(12)17)19-8-11-4-2-1-3-5-11/h1-5,7,9,13,19-22H,6,8,10,25H2. The van der Waals surface area contributed by atoms with Crippen molar-refractivity contribution in [2.24, 2.45) is 0 Å². The van der Waals surface area contributed by atoms with Crippen LogP contribution in [0.25, 0.3) is 0 Å². The summed E-state index contributed by atoms with van der Waals surface area (Å²) in [5.41, 5.74) is 2.74. The first-order chi connectivity index (χ1) is 12.1. The van der Waals surface area contributed by atoms with Crippen molar-refractivity contribution in [3.63, 3.8) is 0 Å².